The second-order valence-corrected chi connectivity index (χ2v) is 6.72. The second-order valence-electron chi connectivity index (χ2n) is 6.72. The second kappa shape index (κ2) is 8.35. The van der Waals surface area contributed by atoms with Gasteiger partial charge in [0, 0.05) is 37.8 Å². The summed E-state index contributed by atoms with van der Waals surface area (Å²) in [4.78, 5) is 2.70. The van der Waals surface area contributed by atoms with Crippen LogP contribution in [0.5, 0.6) is 0 Å². The van der Waals surface area contributed by atoms with Gasteiger partial charge in [-0.1, -0.05) is 39.5 Å². The van der Waals surface area contributed by atoms with Gasteiger partial charge in [0.15, 0.2) is 0 Å². The molecule has 1 heterocycles. The van der Waals surface area contributed by atoms with Crippen molar-refractivity contribution in [2.45, 2.75) is 76.8 Å². The molecule has 0 aromatic heterocycles. The Morgan fingerprint density at radius 3 is 2.65 bits per heavy atom. The fourth-order valence-corrected chi connectivity index (χ4v) is 3.80. The lowest BCUT2D eigenvalue weighted by molar-refractivity contribution is 0.0258. The van der Waals surface area contributed by atoms with E-state index in [0.29, 0.717) is 11.6 Å². The zero-order valence-electron chi connectivity index (χ0n) is 13.6. The van der Waals surface area contributed by atoms with Crippen LogP contribution in [-0.2, 0) is 4.74 Å². The van der Waals surface area contributed by atoms with Crippen molar-refractivity contribution >= 4 is 0 Å². The molecule has 1 atom stereocenters. The molecule has 1 saturated heterocycles. The van der Waals surface area contributed by atoms with Crippen LogP contribution in [0.15, 0.2) is 0 Å². The highest BCUT2D eigenvalue weighted by Crippen LogP contribution is 2.32. The summed E-state index contributed by atoms with van der Waals surface area (Å²) in [6.45, 7) is 9.91. The highest BCUT2D eigenvalue weighted by atomic mass is 16.5. The molecule has 1 aliphatic carbocycles. The molecule has 1 saturated carbocycles. The van der Waals surface area contributed by atoms with Crippen LogP contribution in [0.1, 0.15) is 65.2 Å². The Morgan fingerprint density at radius 2 is 1.95 bits per heavy atom. The van der Waals surface area contributed by atoms with E-state index >= 15 is 0 Å². The minimum atomic E-state index is 0.424. The van der Waals surface area contributed by atoms with Gasteiger partial charge in [-0.2, -0.15) is 0 Å². The van der Waals surface area contributed by atoms with E-state index in [1.165, 1.54) is 64.5 Å². The van der Waals surface area contributed by atoms with Crippen molar-refractivity contribution in [3.05, 3.63) is 0 Å². The predicted octanol–water partition coefficient (Wildman–Crippen LogP) is 3.19. The highest BCUT2D eigenvalue weighted by Gasteiger charge is 2.38. The van der Waals surface area contributed by atoms with Crippen LogP contribution < -0.4 is 5.32 Å². The molecule has 1 spiro atoms. The Labute approximate surface area is 125 Å². The molecule has 1 N–H and O–H groups in total. The molecule has 0 aromatic carbocycles. The van der Waals surface area contributed by atoms with E-state index in [-0.39, 0.29) is 0 Å². The fourth-order valence-electron chi connectivity index (χ4n) is 3.80. The van der Waals surface area contributed by atoms with E-state index < -0.39 is 0 Å². The number of hydrogen-bond acceptors (Lipinski definition) is 3. The van der Waals surface area contributed by atoms with Crippen molar-refractivity contribution in [2.24, 2.45) is 0 Å². The SMILES string of the molecule is CCCCOCCN1CC2(CCCCC2)NCC1CC. The zero-order valence-corrected chi connectivity index (χ0v) is 13.6. The van der Waals surface area contributed by atoms with Gasteiger partial charge >= 0.3 is 0 Å². The number of nitrogens with one attached hydrogen (secondary N) is 1. The molecule has 2 fully saturated rings. The molecule has 3 nitrogen and oxygen atoms in total. The van der Waals surface area contributed by atoms with Gasteiger partial charge in [-0.25, -0.2) is 0 Å². The maximum atomic E-state index is 5.78. The normalized spacial score (nSPS) is 27.0. The molecule has 2 rings (SSSR count). The number of rotatable bonds is 7. The smallest absolute Gasteiger partial charge is 0.0593 e. The van der Waals surface area contributed by atoms with Crippen molar-refractivity contribution in [2.75, 3.05) is 32.8 Å². The topological polar surface area (TPSA) is 24.5 Å². The first-order valence-corrected chi connectivity index (χ1v) is 8.86. The summed E-state index contributed by atoms with van der Waals surface area (Å²) in [5, 5.41) is 3.89. The maximum Gasteiger partial charge on any atom is 0.0593 e. The summed E-state index contributed by atoms with van der Waals surface area (Å²) in [7, 11) is 0. The van der Waals surface area contributed by atoms with E-state index in [4.69, 9.17) is 4.74 Å². The van der Waals surface area contributed by atoms with Crippen LogP contribution in [0.2, 0.25) is 0 Å². The summed E-state index contributed by atoms with van der Waals surface area (Å²) in [5.74, 6) is 0. The minimum absolute atomic E-state index is 0.424. The van der Waals surface area contributed by atoms with Crippen LogP contribution in [0.25, 0.3) is 0 Å². The lowest BCUT2D eigenvalue weighted by Crippen LogP contribution is -2.65. The third kappa shape index (κ3) is 4.44. The van der Waals surface area contributed by atoms with Crippen molar-refractivity contribution in [1.29, 1.82) is 0 Å². The first-order chi connectivity index (χ1) is 9.79. The zero-order chi connectivity index (χ0) is 14.3. The number of nitrogens with zero attached hydrogens (tertiary/aromatic N) is 1. The fraction of sp³-hybridized carbons (Fsp3) is 1.00. The molecule has 0 radical (unpaired) electrons. The van der Waals surface area contributed by atoms with Crippen molar-refractivity contribution < 1.29 is 4.74 Å². The minimum Gasteiger partial charge on any atom is -0.380 e. The van der Waals surface area contributed by atoms with E-state index in [1.54, 1.807) is 0 Å². The molecule has 0 aromatic rings. The average molecular weight is 282 g/mol. The third-order valence-corrected chi connectivity index (χ3v) is 5.18. The molecule has 3 heteroatoms. The van der Waals surface area contributed by atoms with Crippen LogP contribution in [0.4, 0.5) is 0 Å². The maximum absolute atomic E-state index is 5.78. The van der Waals surface area contributed by atoms with Crippen LogP contribution in [0.3, 0.4) is 0 Å². The molecular weight excluding hydrogens is 248 g/mol. The van der Waals surface area contributed by atoms with Gasteiger partial charge in [0.05, 0.1) is 6.61 Å². The standard InChI is InChI=1S/C17H34N2O/c1-3-5-12-20-13-11-19-15-17(9-7-6-8-10-17)18-14-16(19)4-2/h16,18H,3-15H2,1-2H3. The van der Waals surface area contributed by atoms with Crippen molar-refractivity contribution in [3.8, 4) is 0 Å². The van der Waals surface area contributed by atoms with E-state index in [9.17, 15) is 0 Å². The van der Waals surface area contributed by atoms with Gasteiger partial charge in [-0.3, -0.25) is 4.90 Å². The monoisotopic (exact) mass is 282 g/mol. The number of piperazine rings is 1. The van der Waals surface area contributed by atoms with Gasteiger partial charge in [-0.15, -0.1) is 0 Å². The van der Waals surface area contributed by atoms with Gasteiger partial charge in [0.2, 0.25) is 0 Å². The predicted molar refractivity (Wildman–Crippen MR) is 85.2 cm³/mol. The molecule has 118 valence electrons. The molecular formula is C17H34N2O. The first kappa shape index (κ1) is 16.3. The average Bonchev–Trinajstić information content (AvgIpc) is 2.48. The molecule has 0 amide bonds. The van der Waals surface area contributed by atoms with Gasteiger partial charge < -0.3 is 10.1 Å². The van der Waals surface area contributed by atoms with E-state index in [2.05, 4.69) is 24.1 Å². The molecule has 20 heavy (non-hydrogen) atoms. The number of hydrogen-bond donors (Lipinski definition) is 1. The summed E-state index contributed by atoms with van der Waals surface area (Å²) in [6.07, 6.45) is 10.7. The van der Waals surface area contributed by atoms with Crippen LogP contribution >= 0.6 is 0 Å². The first-order valence-electron chi connectivity index (χ1n) is 8.86. The highest BCUT2D eigenvalue weighted by molar-refractivity contribution is 4.99. The van der Waals surface area contributed by atoms with Crippen molar-refractivity contribution in [1.82, 2.24) is 10.2 Å². The summed E-state index contributed by atoms with van der Waals surface area (Å²) in [5.41, 5.74) is 0.424. The van der Waals surface area contributed by atoms with Crippen LogP contribution in [0, 0.1) is 0 Å². The Balaban J connectivity index is 1.79. The van der Waals surface area contributed by atoms with Gasteiger partial charge in [-0.05, 0) is 25.7 Å². The molecule has 0 bridgehead atoms. The quantitative estimate of drug-likeness (QED) is 0.726. The molecule has 2 aliphatic rings. The summed E-state index contributed by atoms with van der Waals surface area (Å²) < 4.78 is 5.78. The molecule has 1 aliphatic heterocycles. The third-order valence-electron chi connectivity index (χ3n) is 5.18. The Morgan fingerprint density at radius 1 is 1.15 bits per heavy atom. The number of ether oxygens (including phenoxy) is 1. The van der Waals surface area contributed by atoms with Gasteiger partial charge in [0.25, 0.3) is 0 Å². The lowest BCUT2D eigenvalue weighted by atomic mass is 9.79. The Hall–Kier alpha value is -0.120. The van der Waals surface area contributed by atoms with E-state index in [0.717, 1.165) is 19.8 Å². The van der Waals surface area contributed by atoms with Gasteiger partial charge in [0.1, 0.15) is 0 Å². The molecule has 1 unspecified atom stereocenters. The summed E-state index contributed by atoms with van der Waals surface area (Å²) >= 11 is 0. The van der Waals surface area contributed by atoms with Crippen molar-refractivity contribution in [3.63, 3.8) is 0 Å². The van der Waals surface area contributed by atoms with Crippen LogP contribution in [-0.4, -0.2) is 49.3 Å². The Bertz CT molecular complexity index is 264. The van der Waals surface area contributed by atoms with E-state index in [1.807, 2.05) is 0 Å². The Kier molecular flexibility index (Phi) is 6.79. The lowest BCUT2D eigenvalue weighted by Gasteiger charge is -2.49. The largest absolute Gasteiger partial charge is 0.380 e. The number of unbranched alkanes of at least 4 members (excludes halogenated alkanes) is 1. The summed E-state index contributed by atoms with van der Waals surface area (Å²) in [6, 6.07) is 0.706.